The molecule has 0 amide bonds. The Balaban J connectivity index is 0.000000186. The molecule has 0 nitrogen and oxygen atoms in total. The molecule has 0 saturated carbocycles. The second-order valence-electron chi connectivity index (χ2n) is 24.1. The van der Waals surface area contributed by atoms with Crippen LogP contribution in [0.5, 0.6) is 0 Å². The largest absolute Gasteiger partial charge is 1.00 e. The summed E-state index contributed by atoms with van der Waals surface area (Å²) in [6, 6.07) is 113. The molecule has 0 aliphatic heterocycles. The van der Waals surface area contributed by atoms with Crippen molar-refractivity contribution in [2.45, 2.75) is 38.5 Å². The van der Waals surface area contributed by atoms with Gasteiger partial charge in [0.2, 0.25) is 0 Å². The number of hydrogen-bond acceptors (Lipinski definition) is 0. The van der Waals surface area contributed by atoms with E-state index in [1.54, 1.807) is 0 Å². The molecule has 8 heteroatoms. The molecular weight excluding hydrogens is 1990 g/mol. The smallest absolute Gasteiger partial charge is 0.366 e. The topological polar surface area (TPSA) is 0 Å². The summed E-state index contributed by atoms with van der Waals surface area (Å²) in [7, 11) is -3.00. The molecule has 0 bridgehead atoms. The van der Waals surface area contributed by atoms with Gasteiger partial charge in [-0.2, -0.15) is 0 Å². The Morgan fingerprint density at radius 3 is 0.694 bits per heavy atom. The van der Waals surface area contributed by atoms with E-state index in [1.165, 1.54) is 124 Å². The average Bonchev–Trinajstić information content (AvgIpc) is 1.63. The van der Waals surface area contributed by atoms with Crippen LogP contribution < -0.4 is 42.4 Å². The Bertz CT molecular complexity index is 4150. The van der Waals surface area contributed by atoms with Crippen molar-refractivity contribution in [1.29, 1.82) is 0 Å². The second-order valence-corrected chi connectivity index (χ2v) is 34.6. The standard InChI is InChI=1S/C28H28P2.C26H24P2.C19H12.C17H8.4Au/c1-5-15-25(16-6-1)29(26-17-7-2-8-18-26)23-13-14-24-30(27-19-9-3-10-20-27)28-21-11-4-12-22-28;1-5-13-23(14-6-1)27(24-15-7-2-8-16-24)21-22-28(25-17-9-3-10-18-25)26-19-11-4-12-20-26;1-5-13-7-9-15-16-10-8-14(6-2)12-18(16)19(3,4)17(15)11-13;1-3-12-5-7-16-14(9-12)11-15-10-13(4-2)6-8-17(15)16;;;;/h1-12,15-22H,13-14,23-24H2;1-20H,21-22H2;7-12H,3-4H3;5-10H,11H2;;;;/q;;2*-2;4*+1/p+4. The predicted octanol–water partition coefficient (Wildman–Crippen LogP) is 17.2. The Labute approximate surface area is 651 Å². The molecule has 0 saturated heterocycles. The van der Waals surface area contributed by atoms with Gasteiger partial charge in [0.05, 0.1) is 86.4 Å². The fourth-order valence-corrected chi connectivity index (χ4v) is 24.7. The first-order chi connectivity index (χ1) is 46.2. The fraction of sp³-hybridized carbons (Fsp3) is 0.111. The van der Waals surface area contributed by atoms with Crippen LogP contribution in [0.3, 0.4) is 0 Å². The first kappa shape index (κ1) is 78.9. The van der Waals surface area contributed by atoms with Gasteiger partial charge in [-0.05, 0) is 150 Å². The Hall–Kier alpha value is -6.44. The zero-order valence-corrected chi connectivity index (χ0v) is 67.3. The van der Waals surface area contributed by atoms with Crippen molar-refractivity contribution in [2.24, 2.45) is 0 Å². The van der Waals surface area contributed by atoms with Gasteiger partial charge in [0.25, 0.3) is 0 Å². The molecular formula is C90H76Au4P4+4. The Morgan fingerprint density at radius 1 is 0.265 bits per heavy atom. The van der Waals surface area contributed by atoms with Crippen molar-refractivity contribution in [3.8, 4) is 45.9 Å². The molecule has 496 valence electrons. The van der Waals surface area contributed by atoms with Crippen LogP contribution in [0, 0.1) is 49.4 Å². The van der Waals surface area contributed by atoms with Gasteiger partial charge in [-0.3, -0.25) is 23.7 Å². The maximum absolute atomic E-state index is 7.28. The third-order valence-electron chi connectivity index (χ3n) is 17.8. The van der Waals surface area contributed by atoms with Crippen LogP contribution in [-0.2, 0) is 101 Å². The quantitative estimate of drug-likeness (QED) is 0.0297. The summed E-state index contributed by atoms with van der Waals surface area (Å²) >= 11 is 0. The summed E-state index contributed by atoms with van der Waals surface area (Å²) in [4.78, 5) is 0. The summed E-state index contributed by atoms with van der Waals surface area (Å²) in [5, 5.41) is 12.2. The van der Waals surface area contributed by atoms with Crippen molar-refractivity contribution in [3.05, 3.63) is 386 Å². The van der Waals surface area contributed by atoms with Gasteiger partial charge in [-0.1, -0.05) is 195 Å². The van der Waals surface area contributed by atoms with E-state index in [2.05, 4.69) is 292 Å². The van der Waals surface area contributed by atoms with Crippen LogP contribution in [0.1, 0.15) is 71.2 Å². The Kier molecular flexibility index (Phi) is 32.3. The van der Waals surface area contributed by atoms with Crippen molar-refractivity contribution < 1.29 is 89.5 Å². The summed E-state index contributed by atoms with van der Waals surface area (Å²) in [6.07, 6.45) is 37.4. The fourth-order valence-electron chi connectivity index (χ4n) is 13.0. The van der Waals surface area contributed by atoms with Crippen LogP contribution in [0.4, 0.5) is 0 Å². The molecule has 0 fully saturated rings. The van der Waals surface area contributed by atoms with Gasteiger partial charge >= 0.3 is 89.5 Å². The second kappa shape index (κ2) is 40.1. The van der Waals surface area contributed by atoms with E-state index in [9.17, 15) is 0 Å². The monoisotopic (exact) mass is 2070 g/mol. The number of fused-ring (bicyclic) bond motifs is 6. The minimum Gasteiger partial charge on any atom is -0.366 e. The van der Waals surface area contributed by atoms with Gasteiger partial charge in [0, 0.05) is 5.41 Å². The van der Waals surface area contributed by atoms with E-state index in [4.69, 9.17) is 25.7 Å². The minimum atomic E-state index is -0.783. The third-order valence-corrected chi connectivity index (χ3v) is 29.8. The normalized spacial score (nSPS) is 11.2. The summed E-state index contributed by atoms with van der Waals surface area (Å²) in [5.74, 6) is 9.73. The SMILES string of the molecule is [Au+].[Au+].[Au+].[Au+].[C-]#Cc1ccc2c(c1)C(C)(C)c1cc(C#[C-])ccc1-2.[C-]#Cc1ccc2c(c1)Cc1cc(C#[C-])ccc1-2.c1ccc([PH+](CCCC[PH+](c2ccccc2)c2ccccc2)c2ccccc2)cc1.c1ccc([PH+](CC[PH+](c2ccccc2)c2ccccc2)c2ccccc2)cc1. The zero-order valence-electron chi connectivity index (χ0n) is 54.7. The van der Waals surface area contributed by atoms with E-state index in [0.717, 1.165) is 28.7 Å². The number of rotatable bonds is 16. The van der Waals surface area contributed by atoms with E-state index in [1.807, 2.05) is 60.7 Å². The molecule has 2 aliphatic carbocycles. The van der Waals surface area contributed by atoms with Crippen LogP contribution >= 0.6 is 31.7 Å². The molecule has 98 heavy (non-hydrogen) atoms. The molecule has 0 unspecified atom stereocenters. The Morgan fingerprint density at radius 2 is 0.469 bits per heavy atom. The van der Waals surface area contributed by atoms with E-state index >= 15 is 0 Å². The number of benzene rings is 12. The van der Waals surface area contributed by atoms with Gasteiger partial charge in [0.15, 0.2) is 0 Å². The first-order valence-electron chi connectivity index (χ1n) is 32.4. The van der Waals surface area contributed by atoms with E-state index in [-0.39, 0.29) is 94.9 Å². The maximum Gasteiger partial charge on any atom is 1.00 e. The summed E-state index contributed by atoms with van der Waals surface area (Å²) in [6.45, 7) is 4.36. The van der Waals surface area contributed by atoms with Crippen LogP contribution in [0.2, 0.25) is 0 Å². The molecule has 0 aromatic heterocycles. The minimum absolute atomic E-state index is 0. The van der Waals surface area contributed by atoms with Gasteiger partial charge in [0.1, 0.15) is 12.3 Å². The third kappa shape index (κ3) is 20.4. The number of hydrogen-bond donors (Lipinski definition) is 0. The molecule has 0 heterocycles. The summed E-state index contributed by atoms with van der Waals surface area (Å²) in [5.41, 5.74) is 13.0. The molecule has 12 aromatic rings. The molecule has 14 rings (SSSR count). The summed E-state index contributed by atoms with van der Waals surface area (Å²) < 4.78 is 0. The average molecular weight is 2070 g/mol. The van der Waals surface area contributed by atoms with Crippen LogP contribution in [-0.4, -0.2) is 24.6 Å². The molecule has 0 atom stereocenters. The molecule has 0 radical (unpaired) electrons. The molecule has 2 aliphatic rings. The van der Waals surface area contributed by atoms with Gasteiger partial charge in [-0.15, -0.1) is 70.8 Å². The van der Waals surface area contributed by atoms with Crippen molar-refractivity contribution >= 4 is 74.1 Å². The van der Waals surface area contributed by atoms with Crippen molar-refractivity contribution in [2.75, 3.05) is 24.6 Å². The molecule has 0 N–H and O–H groups in total. The molecule has 0 spiro atoms. The maximum atomic E-state index is 7.28. The van der Waals surface area contributed by atoms with Gasteiger partial charge in [-0.25, -0.2) is 0 Å². The number of unbranched alkanes of at least 4 members (excludes halogenated alkanes) is 1. The van der Waals surface area contributed by atoms with E-state index in [0.29, 0.717) is 0 Å². The van der Waals surface area contributed by atoms with Gasteiger partial charge < -0.3 is 25.7 Å². The van der Waals surface area contributed by atoms with Crippen LogP contribution in [0.15, 0.2) is 315 Å². The van der Waals surface area contributed by atoms with Crippen LogP contribution in [0.25, 0.3) is 22.3 Å². The van der Waals surface area contributed by atoms with Crippen molar-refractivity contribution in [1.82, 2.24) is 0 Å². The van der Waals surface area contributed by atoms with Crippen molar-refractivity contribution in [3.63, 3.8) is 0 Å². The van der Waals surface area contributed by atoms with E-state index < -0.39 is 31.7 Å². The molecule has 12 aromatic carbocycles. The first-order valence-corrected chi connectivity index (χ1v) is 39.2. The predicted molar refractivity (Wildman–Crippen MR) is 414 cm³/mol. The zero-order chi connectivity index (χ0) is 64.9.